The first-order chi connectivity index (χ1) is 15.0. The van der Waals surface area contributed by atoms with E-state index in [0.717, 1.165) is 42.0 Å². The zero-order chi connectivity index (χ0) is 21.8. The SMILES string of the molecule is CCn1c(SCC(=O)Nc2ccc(S(=O)(=O)N3CCCCC3)cc2)nc2ccccc21. The third-order valence-corrected chi connectivity index (χ3v) is 8.25. The number of benzene rings is 2. The van der Waals surface area contributed by atoms with Gasteiger partial charge in [0.2, 0.25) is 15.9 Å². The summed E-state index contributed by atoms with van der Waals surface area (Å²) in [7, 11) is -3.47. The Morgan fingerprint density at radius 1 is 1.06 bits per heavy atom. The lowest BCUT2D eigenvalue weighted by Crippen LogP contribution is -2.35. The minimum atomic E-state index is -3.47. The number of hydrogen-bond acceptors (Lipinski definition) is 5. The Labute approximate surface area is 186 Å². The van der Waals surface area contributed by atoms with Gasteiger partial charge in [-0.05, 0) is 56.2 Å². The lowest BCUT2D eigenvalue weighted by molar-refractivity contribution is -0.113. The van der Waals surface area contributed by atoms with Crippen molar-refractivity contribution >= 4 is 44.4 Å². The average molecular weight is 459 g/mol. The molecule has 0 radical (unpaired) electrons. The Balaban J connectivity index is 1.38. The van der Waals surface area contributed by atoms with Crippen LogP contribution in [0, 0.1) is 0 Å². The maximum Gasteiger partial charge on any atom is 0.243 e. The van der Waals surface area contributed by atoms with Gasteiger partial charge in [0, 0.05) is 25.3 Å². The molecule has 1 fully saturated rings. The van der Waals surface area contributed by atoms with E-state index < -0.39 is 10.0 Å². The monoisotopic (exact) mass is 458 g/mol. The van der Waals surface area contributed by atoms with Gasteiger partial charge in [-0.25, -0.2) is 13.4 Å². The minimum Gasteiger partial charge on any atom is -0.325 e. The van der Waals surface area contributed by atoms with E-state index in [2.05, 4.69) is 21.8 Å². The van der Waals surface area contributed by atoms with Crippen molar-refractivity contribution in [3.8, 4) is 0 Å². The van der Waals surface area contributed by atoms with Crippen molar-refractivity contribution in [1.82, 2.24) is 13.9 Å². The predicted molar refractivity (Wildman–Crippen MR) is 124 cm³/mol. The van der Waals surface area contributed by atoms with Gasteiger partial charge in [0.1, 0.15) is 0 Å². The van der Waals surface area contributed by atoms with Gasteiger partial charge in [-0.1, -0.05) is 30.3 Å². The van der Waals surface area contributed by atoms with Gasteiger partial charge < -0.3 is 9.88 Å². The van der Waals surface area contributed by atoms with Crippen molar-refractivity contribution in [3.63, 3.8) is 0 Å². The van der Waals surface area contributed by atoms with Gasteiger partial charge >= 0.3 is 0 Å². The zero-order valence-corrected chi connectivity index (χ0v) is 19.1. The van der Waals surface area contributed by atoms with E-state index in [0.29, 0.717) is 18.8 Å². The number of imidazole rings is 1. The van der Waals surface area contributed by atoms with E-state index in [9.17, 15) is 13.2 Å². The van der Waals surface area contributed by atoms with Gasteiger partial charge in [0.25, 0.3) is 0 Å². The number of sulfonamides is 1. The summed E-state index contributed by atoms with van der Waals surface area (Å²) >= 11 is 1.39. The maximum absolute atomic E-state index is 12.7. The van der Waals surface area contributed by atoms with Crippen molar-refractivity contribution in [1.29, 1.82) is 0 Å². The van der Waals surface area contributed by atoms with E-state index in [1.54, 1.807) is 28.6 Å². The van der Waals surface area contributed by atoms with Crippen molar-refractivity contribution in [2.75, 3.05) is 24.2 Å². The van der Waals surface area contributed by atoms with Crippen LogP contribution in [0.1, 0.15) is 26.2 Å². The Morgan fingerprint density at radius 3 is 2.48 bits per heavy atom. The second-order valence-corrected chi connectivity index (χ2v) is 10.3. The normalized spacial score (nSPS) is 15.3. The van der Waals surface area contributed by atoms with Crippen LogP contribution in [0.5, 0.6) is 0 Å². The molecule has 0 unspecified atom stereocenters. The zero-order valence-electron chi connectivity index (χ0n) is 17.5. The van der Waals surface area contributed by atoms with Gasteiger partial charge in [-0.15, -0.1) is 0 Å². The lowest BCUT2D eigenvalue weighted by Gasteiger charge is -2.25. The number of para-hydroxylation sites is 2. The summed E-state index contributed by atoms with van der Waals surface area (Å²) in [5.41, 5.74) is 2.54. The Kier molecular flexibility index (Phi) is 6.64. The van der Waals surface area contributed by atoms with Gasteiger partial charge in [-0.3, -0.25) is 4.79 Å². The molecule has 1 saturated heterocycles. The molecule has 0 atom stereocenters. The number of rotatable bonds is 7. The Morgan fingerprint density at radius 2 is 1.77 bits per heavy atom. The maximum atomic E-state index is 12.7. The van der Waals surface area contributed by atoms with E-state index in [1.165, 1.54) is 11.8 Å². The second-order valence-electron chi connectivity index (χ2n) is 7.45. The summed E-state index contributed by atoms with van der Waals surface area (Å²) in [4.78, 5) is 17.3. The molecule has 0 spiro atoms. The molecule has 1 N–H and O–H groups in total. The van der Waals surface area contributed by atoms with E-state index >= 15 is 0 Å². The molecular formula is C22H26N4O3S2. The van der Waals surface area contributed by atoms with E-state index in [4.69, 9.17) is 0 Å². The largest absolute Gasteiger partial charge is 0.325 e. The molecule has 31 heavy (non-hydrogen) atoms. The molecular weight excluding hydrogens is 432 g/mol. The van der Waals surface area contributed by atoms with E-state index in [-0.39, 0.29) is 16.6 Å². The fraction of sp³-hybridized carbons (Fsp3) is 0.364. The number of carbonyl (C=O) groups is 1. The number of fused-ring (bicyclic) bond motifs is 1. The topological polar surface area (TPSA) is 84.3 Å². The third kappa shape index (κ3) is 4.78. The minimum absolute atomic E-state index is 0.161. The summed E-state index contributed by atoms with van der Waals surface area (Å²) in [6, 6.07) is 14.3. The molecule has 3 aromatic rings. The molecule has 1 aromatic heterocycles. The quantitative estimate of drug-likeness (QED) is 0.542. The predicted octanol–water partition coefficient (Wildman–Crippen LogP) is 3.96. The molecule has 164 valence electrons. The molecule has 2 heterocycles. The van der Waals surface area contributed by atoms with Crippen LogP contribution in [0.2, 0.25) is 0 Å². The first kappa shape index (κ1) is 21.9. The number of anilines is 1. The summed E-state index contributed by atoms with van der Waals surface area (Å²) in [6.45, 7) is 3.97. The smallest absolute Gasteiger partial charge is 0.243 e. The molecule has 1 amide bonds. The average Bonchev–Trinajstić information content (AvgIpc) is 3.16. The highest BCUT2D eigenvalue weighted by atomic mass is 32.2. The van der Waals surface area contributed by atoms with Crippen molar-refractivity contribution in [2.24, 2.45) is 0 Å². The second kappa shape index (κ2) is 9.42. The van der Waals surface area contributed by atoms with Crippen LogP contribution >= 0.6 is 11.8 Å². The number of carbonyl (C=O) groups excluding carboxylic acids is 1. The highest BCUT2D eigenvalue weighted by Crippen LogP contribution is 2.25. The molecule has 7 nitrogen and oxygen atoms in total. The third-order valence-electron chi connectivity index (χ3n) is 5.36. The van der Waals surface area contributed by atoms with Gasteiger partial charge in [0.05, 0.1) is 21.7 Å². The van der Waals surface area contributed by atoms with Crippen LogP contribution in [0.4, 0.5) is 5.69 Å². The number of thioether (sulfide) groups is 1. The molecule has 0 bridgehead atoms. The standard InChI is InChI=1S/C22H26N4O3S2/c1-2-26-20-9-5-4-8-19(20)24-22(26)30-16-21(27)23-17-10-12-18(13-11-17)31(28,29)25-14-6-3-7-15-25/h4-5,8-13H,2-3,6-7,14-16H2,1H3,(H,23,27). The number of nitrogens with zero attached hydrogens (tertiary/aromatic N) is 3. The molecule has 9 heteroatoms. The number of nitrogens with one attached hydrogen (secondary N) is 1. The van der Waals surface area contributed by atoms with E-state index in [1.807, 2.05) is 24.3 Å². The highest BCUT2D eigenvalue weighted by Gasteiger charge is 2.25. The lowest BCUT2D eigenvalue weighted by atomic mass is 10.2. The number of piperidine rings is 1. The molecule has 0 aliphatic carbocycles. The summed E-state index contributed by atoms with van der Waals surface area (Å²) in [5.74, 6) is 0.0586. The van der Waals surface area contributed by atoms with Crippen LogP contribution in [-0.4, -0.2) is 47.0 Å². The van der Waals surface area contributed by atoms with Gasteiger partial charge in [0.15, 0.2) is 5.16 Å². The molecule has 2 aromatic carbocycles. The molecule has 1 aliphatic rings. The van der Waals surface area contributed by atoms with Crippen molar-refractivity contribution in [3.05, 3.63) is 48.5 Å². The van der Waals surface area contributed by atoms with Crippen LogP contribution in [0.3, 0.4) is 0 Å². The first-order valence-corrected chi connectivity index (χ1v) is 12.9. The van der Waals surface area contributed by atoms with Crippen molar-refractivity contribution in [2.45, 2.75) is 42.8 Å². The summed E-state index contributed by atoms with van der Waals surface area (Å²) in [6.07, 6.45) is 2.87. The number of aromatic nitrogens is 2. The first-order valence-electron chi connectivity index (χ1n) is 10.5. The number of aryl methyl sites for hydroxylation is 1. The molecule has 4 rings (SSSR count). The van der Waals surface area contributed by atoms with Crippen molar-refractivity contribution < 1.29 is 13.2 Å². The Hall–Kier alpha value is -2.36. The Bertz CT molecular complexity index is 1170. The number of hydrogen-bond donors (Lipinski definition) is 1. The van der Waals surface area contributed by atoms with Crippen LogP contribution in [-0.2, 0) is 21.4 Å². The molecule has 0 saturated carbocycles. The summed E-state index contributed by atoms with van der Waals surface area (Å²) in [5, 5.41) is 3.64. The number of amides is 1. The van der Waals surface area contributed by atoms with Gasteiger partial charge in [-0.2, -0.15) is 4.31 Å². The highest BCUT2D eigenvalue weighted by molar-refractivity contribution is 7.99. The molecule has 1 aliphatic heterocycles. The fourth-order valence-corrected chi connectivity index (χ4v) is 6.16. The fourth-order valence-electron chi connectivity index (χ4n) is 3.76. The van der Waals surface area contributed by atoms with Crippen LogP contribution < -0.4 is 5.32 Å². The van der Waals surface area contributed by atoms with Crippen LogP contribution in [0.15, 0.2) is 58.6 Å². The van der Waals surface area contributed by atoms with Crippen LogP contribution in [0.25, 0.3) is 11.0 Å². The summed E-state index contributed by atoms with van der Waals surface area (Å²) < 4.78 is 29.1.